The van der Waals surface area contributed by atoms with Crippen LogP contribution in [0.2, 0.25) is 0 Å². The third kappa shape index (κ3) is 5.63. The van der Waals surface area contributed by atoms with Crippen molar-refractivity contribution in [3.8, 4) is 28.3 Å². The third-order valence-electron chi connectivity index (χ3n) is 6.24. The van der Waals surface area contributed by atoms with Gasteiger partial charge in [-0.1, -0.05) is 6.07 Å². The molecule has 2 aromatic heterocycles. The van der Waals surface area contributed by atoms with E-state index in [0.717, 1.165) is 25.0 Å². The van der Waals surface area contributed by atoms with Crippen molar-refractivity contribution >= 4 is 23.0 Å². The number of nitrogens with one attached hydrogen (secondary N) is 1. The summed E-state index contributed by atoms with van der Waals surface area (Å²) < 4.78 is 56.4. The lowest BCUT2D eigenvalue weighted by molar-refractivity contribution is -0.274. The second-order valence-electron chi connectivity index (χ2n) is 8.81. The molecule has 12 heteroatoms. The van der Waals surface area contributed by atoms with Crippen molar-refractivity contribution in [2.24, 2.45) is 5.92 Å². The van der Waals surface area contributed by atoms with E-state index in [0.29, 0.717) is 35.7 Å². The molecule has 192 valence electrons. The van der Waals surface area contributed by atoms with Gasteiger partial charge >= 0.3 is 12.3 Å². The summed E-state index contributed by atoms with van der Waals surface area (Å²) in [5.41, 5.74) is 1.94. The van der Waals surface area contributed by atoms with Crippen LogP contribution in [0.15, 0.2) is 48.8 Å². The molecule has 5 rings (SSSR count). The summed E-state index contributed by atoms with van der Waals surface area (Å²) in [6.07, 6.45) is 0.0496. The molecular weight excluding hydrogens is 494 g/mol. The Morgan fingerprint density at radius 1 is 1.08 bits per heavy atom. The van der Waals surface area contributed by atoms with E-state index in [1.165, 1.54) is 18.2 Å². The van der Waals surface area contributed by atoms with Gasteiger partial charge < -0.3 is 19.7 Å². The summed E-state index contributed by atoms with van der Waals surface area (Å²) in [5, 5.41) is 8.96. The number of aliphatic carboxylic acids is 1. The molecular formula is C25H21F4N5O3. The maximum Gasteiger partial charge on any atom is 0.573 e. The number of piperidine rings is 1. The molecule has 0 saturated carbocycles. The fourth-order valence-electron chi connectivity index (χ4n) is 4.42. The first kappa shape index (κ1) is 24.5. The molecule has 1 aliphatic heterocycles. The third-order valence-corrected chi connectivity index (χ3v) is 6.24. The monoisotopic (exact) mass is 515 g/mol. The van der Waals surface area contributed by atoms with Crippen molar-refractivity contribution in [2.75, 3.05) is 18.0 Å². The molecule has 0 atom stereocenters. The normalized spacial score (nSPS) is 14.8. The molecule has 1 saturated heterocycles. The Labute approximate surface area is 208 Å². The van der Waals surface area contributed by atoms with E-state index in [4.69, 9.17) is 5.11 Å². The van der Waals surface area contributed by atoms with E-state index >= 15 is 4.39 Å². The average Bonchev–Trinajstić information content (AvgIpc) is 3.26. The van der Waals surface area contributed by atoms with Gasteiger partial charge in [0.1, 0.15) is 17.4 Å². The molecule has 0 unspecified atom stereocenters. The van der Waals surface area contributed by atoms with Crippen LogP contribution >= 0.6 is 0 Å². The van der Waals surface area contributed by atoms with Gasteiger partial charge in [-0.3, -0.25) is 4.79 Å². The van der Waals surface area contributed by atoms with Crippen molar-refractivity contribution in [3.05, 3.63) is 54.6 Å². The van der Waals surface area contributed by atoms with E-state index in [1.807, 2.05) is 4.90 Å². The molecule has 4 aromatic rings. The van der Waals surface area contributed by atoms with Crippen molar-refractivity contribution < 1.29 is 32.2 Å². The number of nitrogens with zero attached hydrogens (tertiary/aromatic N) is 4. The molecule has 0 radical (unpaired) electrons. The molecule has 0 bridgehead atoms. The van der Waals surface area contributed by atoms with Crippen LogP contribution in [0.25, 0.3) is 33.5 Å². The molecule has 2 N–H and O–H groups in total. The summed E-state index contributed by atoms with van der Waals surface area (Å²) in [6.45, 7) is 1.34. The largest absolute Gasteiger partial charge is 0.573 e. The van der Waals surface area contributed by atoms with Crippen molar-refractivity contribution in [3.63, 3.8) is 0 Å². The number of alkyl halides is 3. The summed E-state index contributed by atoms with van der Waals surface area (Å²) >= 11 is 0. The number of carboxylic acid groups (broad SMARTS) is 1. The number of halogens is 4. The highest BCUT2D eigenvalue weighted by Gasteiger charge is 2.31. The number of carbonyl (C=O) groups is 1. The Bertz CT molecular complexity index is 1430. The molecule has 8 nitrogen and oxygen atoms in total. The number of benzene rings is 2. The maximum atomic E-state index is 15.0. The molecule has 37 heavy (non-hydrogen) atoms. The predicted octanol–water partition coefficient (Wildman–Crippen LogP) is 5.42. The predicted molar refractivity (Wildman–Crippen MR) is 126 cm³/mol. The highest BCUT2D eigenvalue weighted by molar-refractivity contribution is 5.81. The van der Waals surface area contributed by atoms with Crippen molar-refractivity contribution in [1.82, 2.24) is 19.9 Å². The van der Waals surface area contributed by atoms with Crippen LogP contribution in [0, 0.1) is 11.7 Å². The lowest BCUT2D eigenvalue weighted by Crippen LogP contribution is -2.35. The van der Waals surface area contributed by atoms with Crippen LogP contribution in [-0.4, -0.2) is 50.5 Å². The smallest absolute Gasteiger partial charge is 0.481 e. The average molecular weight is 515 g/mol. The summed E-state index contributed by atoms with van der Waals surface area (Å²) in [4.78, 5) is 28.8. The highest BCUT2D eigenvalue weighted by atomic mass is 19.4. The minimum absolute atomic E-state index is 0.150. The van der Waals surface area contributed by atoms with Gasteiger partial charge in [0.2, 0.25) is 5.95 Å². The van der Waals surface area contributed by atoms with Gasteiger partial charge in [0.05, 0.1) is 16.6 Å². The number of hydrogen-bond acceptors (Lipinski definition) is 6. The zero-order valence-corrected chi connectivity index (χ0v) is 19.3. The minimum Gasteiger partial charge on any atom is -0.481 e. The number of anilines is 1. The number of aromatic nitrogens is 4. The first-order valence-electron chi connectivity index (χ1n) is 11.5. The molecule has 0 amide bonds. The van der Waals surface area contributed by atoms with E-state index in [1.54, 1.807) is 18.5 Å². The van der Waals surface area contributed by atoms with Crippen molar-refractivity contribution in [2.45, 2.75) is 25.6 Å². The number of aromatic amines is 1. The molecule has 1 aliphatic rings. The van der Waals surface area contributed by atoms with Gasteiger partial charge in [0.25, 0.3) is 0 Å². The first-order valence-corrected chi connectivity index (χ1v) is 11.5. The van der Waals surface area contributed by atoms with Gasteiger partial charge in [0.15, 0.2) is 0 Å². The molecule has 2 aromatic carbocycles. The van der Waals surface area contributed by atoms with Crippen LogP contribution in [0.5, 0.6) is 5.75 Å². The van der Waals surface area contributed by atoms with Crippen molar-refractivity contribution in [1.29, 1.82) is 0 Å². The number of hydrogen-bond donors (Lipinski definition) is 2. The SMILES string of the molecule is O=C(O)CC1CCN(c2ncc(-c3ccc(-c4nc5ccc(OC(F)(F)F)cc5[nH]4)c(F)c3)cn2)CC1. The topological polar surface area (TPSA) is 104 Å². The van der Waals surface area contributed by atoms with Crippen LogP contribution < -0.4 is 9.64 Å². The number of carboxylic acids is 1. The van der Waals surface area contributed by atoms with E-state index < -0.39 is 23.9 Å². The fraction of sp³-hybridized carbons (Fsp3) is 0.280. The Hall–Kier alpha value is -4.22. The van der Waals surface area contributed by atoms with Gasteiger partial charge in [0, 0.05) is 43.5 Å². The van der Waals surface area contributed by atoms with E-state index in [-0.39, 0.29) is 29.2 Å². The van der Waals surface area contributed by atoms with Gasteiger partial charge in [-0.25, -0.2) is 19.3 Å². The Morgan fingerprint density at radius 3 is 2.46 bits per heavy atom. The summed E-state index contributed by atoms with van der Waals surface area (Å²) in [6, 6.07) is 8.17. The number of rotatable bonds is 6. The summed E-state index contributed by atoms with van der Waals surface area (Å²) in [7, 11) is 0. The van der Waals surface area contributed by atoms with Gasteiger partial charge in [-0.15, -0.1) is 13.2 Å². The molecule has 1 fully saturated rings. The quantitative estimate of drug-likeness (QED) is 0.331. The number of H-pyrrole nitrogens is 1. The molecule has 3 heterocycles. The zero-order chi connectivity index (χ0) is 26.2. The standard InChI is InChI=1S/C25H21F4N5O3/c26-19-10-15(16-12-30-24(31-13-16)34-7-5-14(6-8-34)9-22(35)36)1-3-18(19)23-32-20-4-2-17(11-21(20)33-23)37-25(27,28)29/h1-4,10-14H,5-9H2,(H,32,33)(H,35,36). The van der Waals surface area contributed by atoms with Crippen LogP contribution in [0.4, 0.5) is 23.5 Å². The van der Waals surface area contributed by atoms with Crippen LogP contribution in [0.1, 0.15) is 19.3 Å². The second kappa shape index (κ2) is 9.68. The lowest BCUT2D eigenvalue weighted by Gasteiger charge is -2.31. The lowest BCUT2D eigenvalue weighted by atomic mass is 9.94. The second-order valence-corrected chi connectivity index (χ2v) is 8.81. The molecule has 0 aliphatic carbocycles. The van der Waals surface area contributed by atoms with Crippen LogP contribution in [-0.2, 0) is 4.79 Å². The maximum absolute atomic E-state index is 15.0. The summed E-state index contributed by atoms with van der Waals surface area (Å²) in [5.74, 6) is -0.919. The fourth-order valence-corrected chi connectivity index (χ4v) is 4.42. The number of fused-ring (bicyclic) bond motifs is 1. The molecule has 0 spiro atoms. The Kier molecular flexibility index (Phi) is 6.40. The van der Waals surface area contributed by atoms with Gasteiger partial charge in [-0.2, -0.15) is 0 Å². The highest BCUT2D eigenvalue weighted by Crippen LogP contribution is 2.31. The zero-order valence-electron chi connectivity index (χ0n) is 19.3. The van der Waals surface area contributed by atoms with Gasteiger partial charge in [-0.05, 0) is 48.6 Å². The number of ether oxygens (including phenoxy) is 1. The van der Waals surface area contributed by atoms with E-state index in [2.05, 4.69) is 24.7 Å². The first-order chi connectivity index (χ1) is 17.6. The Morgan fingerprint density at radius 2 is 1.81 bits per heavy atom. The Balaban J connectivity index is 1.30. The minimum atomic E-state index is -4.82. The van der Waals surface area contributed by atoms with Crippen LogP contribution in [0.3, 0.4) is 0 Å². The van der Waals surface area contributed by atoms with E-state index in [9.17, 15) is 18.0 Å². The number of imidazole rings is 1.